The number of aryl methyl sites for hydroxylation is 2. The lowest BCUT2D eigenvalue weighted by Crippen LogP contribution is -1.87. The maximum absolute atomic E-state index is 13.8. The lowest BCUT2D eigenvalue weighted by Gasteiger charge is -2.03. The number of aromatic nitrogens is 2. The minimum Gasteiger partial charge on any atom is -0.505 e. The third-order valence-corrected chi connectivity index (χ3v) is 3.42. The summed E-state index contributed by atoms with van der Waals surface area (Å²) in [6, 6.07) is 3.28. The Kier molecular flexibility index (Phi) is 2.87. The fourth-order valence-electron chi connectivity index (χ4n) is 1.33. The van der Waals surface area contributed by atoms with Crippen LogP contribution >= 0.6 is 11.3 Å². The highest BCUT2D eigenvalue weighted by atomic mass is 32.1. The van der Waals surface area contributed by atoms with E-state index < -0.39 is 5.82 Å². The molecule has 0 bridgehead atoms. The van der Waals surface area contributed by atoms with Crippen LogP contribution in [0.3, 0.4) is 0 Å². The zero-order chi connectivity index (χ0) is 11.7. The first-order valence-electron chi connectivity index (χ1n) is 4.94. The Morgan fingerprint density at radius 2 is 2.12 bits per heavy atom. The summed E-state index contributed by atoms with van der Waals surface area (Å²) < 4.78 is 13.8. The van der Waals surface area contributed by atoms with Crippen LogP contribution in [0.1, 0.15) is 17.5 Å². The van der Waals surface area contributed by atoms with Crippen molar-refractivity contribution in [2.75, 3.05) is 0 Å². The maximum atomic E-state index is 13.8. The van der Waals surface area contributed by atoms with E-state index in [0.717, 1.165) is 11.4 Å². The summed E-state index contributed by atoms with van der Waals surface area (Å²) in [4.78, 5) is 0. The van der Waals surface area contributed by atoms with Crippen molar-refractivity contribution in [1.82, 2.24) is 10.2 Å². The van der Waals surface area contributed by atoms with Crippen LogP contribution in [0.5, 0.6) is 5.75 Å². The van der Waals surface area contributed by atoms with Crippen LogP contribution < -0.4 is 0 Å². The van der Waals surface area contributed by atoms with Gasteiger partial charge in [0.15, 0.2) is 16.6 Å². The molecule has 2 rings (SSSR count). The molecule has 0 saturated heterocycles. The highest BCUT2D eigenvalue weighted by Crippen LogP contribution is 2.32. The van der Waals surface area contributed by atoms with Crippen molar-refractivity contribution in [3.63, 3.8) is 0 Å². The second-order valence-corrected chi connectivity index (χ2v) is 4.51. The zero-order valence-corrected chi connectivity index (χ0v) is 9.81. The first-order chi connectivity index (χ1) is 7.63. The van der Waals surface area contributed by atoms with Gasteiger partial charge < -0.3 is 5.11 Å². The van der Waals surface area contributed by atoms with Crippen LogP contribution in [0, 0.1) is 12.7 Å². The fourth-order valence-corrected chi connectivity index (χ4v) is 2.13. The van der Waals surface area contributed by atoms with Gasteiger partial charge in [0.05, 0.1) is 5.56 Å². The molecule has 0 aliphatic heterocycles. The number of rotatable bonds is 2. The molecule has 0 radical (unpaired) electrons. The van der Waals surface area contributed by atoms with Gasteiger partial charge in [-0.3, -0.25) is 0 Å². The zero-order valence-electron chi connectivity index (χ0n) is 8.99. The molecular formula is C11H11FN2OS. The molecular weight excluding hydrogens is 227 g/mol. The van der Waals surface area contributed by atoms with Gasteiger partial charge in [-0.15, -0.1) is 10.2 Å². The molecule has 0 unspecified atom stereocenters. The van der Waals surface area contributed by atoms with E-state index >= 15 is 0 Å². The standard InChI is InChI=1S/C11H11FN2OS/c1-3-8-13-14-11(16-8)7-5-4-6(2)10(15)9(7)12/h4-5,15H,3H2,1-2H3. The molecule has 16 heavy (non-hydrogen) atoms. The van der Waals surface area contributed by atoms with Gasteiger partial charge in [-0.25, -0.2) is 4.39 Å². The number of aromatic hydroxyl groups is 1. The lowest BCUT2D eigenvalue weighted by molar-refractivity contribution is 0.429. The van der Waals surface area contributed by atoms with E-state index in [1.54, 1.807) is 19.1 Å². The van der Waals surface area contributed by atoms with Crippen LogP contribution in [0.2, 0.25) is 0 Å². The van der Waals surface area contributed by atoms with Crippen LogP contribution in [-0.2, 0) is 6.42 Å². The number of hydrogen-bond acceptors (Lipinski definition) is 4. The van der Waals surface area contributed by atoms with Gasteiger partial charge in [0.1, 0.15) is 5.01 Å². The third-order valence-electron chi connectivity index (χ3n) is 2.32. The van der Waals surface area contributed by atoms with Crippen molar-refractivity contribution < 1.29 is 9.50 Å². The number of benzene rings is 1. The molecule has 2 aromatic rings. The highest BCUT2D eigenvalue weighted by Gasteiger charge is 2.15. The summed E-state index contributed by atoms with van der Waals surface area (Å²) in [6.45, 7) is 3.62. The second kappa shape index (κ2) is 4.17. The smallest absolute Gasteiger partial charge is 0.175 e. The van der Waals surface area contributed by atoms with Gasteiger partial charge in [-0.05, 0) is 25.0 Å². The monoisotopic (exact) mass is 238 g/mol. The molecule has 3 nitrogen and oxygen atoms in total. The van der Waals surface area contributed by atoms with E-state index in [0.29, 0.717) is 16.1 Å². The SMILES string of the molecule is CCc1nnc(-c2ccc(C)c(O)c2F)s1. The Bertz CT molecular complexity index is 525. The number of phenols is 1. The summed E-state index contributed by atoms with van der Waals surface area (Å²) in [5, 5.41) is 18.7. The Morgan fingerprint density at radius 1 is 1.38 bits per heavy atom. The lowest BCUT2D eigenvalue weighted by atomic mass is 10.1. The topological polar surface area (TPSA) is 46.0 Å². The Morgan fingerprint density at radius 3 is 2.75 bits per heavy atom. The summed E-state index contributed by atoms with van der Waals surface area (Å²) >= 11 is 1.34. The minimum absolute atomic E-state index is 0.306. The fraction of sp³-hybridized carbons (Fsp3) is 0.273. The molecule has 0 amide bonds. The predicted molar refractivity (Wildman–Crippen MR) is 61.1 cm³/mol. The minimum atomic E-state index is -0.626. The largest absolute Gasteiger partial charge is 0.505 e. The van der Waals surface area contributed by atoms with Crippen molar-refractivity contribution in [1.29, 1.82) is 0 Å². The normalized spacial score (nSPS) is 10.7. The molecule has 0 aliphatic rings. The summed E-state index contributed by atoms with van der Waals surface area (Å²) in [7, 11) is 0. The van der Waals surface area contributed by atoms with Gasteiger partial charge in [0.25, 0.3) is 0 Å². The van der Waals surface area contributed by atoms with Crippen molar-refractivity contribution in [3.8, 4) is 16.3 Å². The van der Waals surface area contributed by atoms with Gasteiger partial charge in [-0.1, -0.05) is 24.3 Å². The van der Waals surface area contributed by atoms with Crippen LogP contribution in [0.15, 0.2) is 12.1 Å². The van der Waals surface area contributed by atoms with E-state index in [-0.39, 0.29) is 5.75 Å². The molecule has 1 aromatic heterocycles. The van der Waals surface area contributed by atoms with E-state index in [9.17, 15) is 9.50 Å². The third kappa shape index (κ3) is 1.78. The van der Waals surface area contributed by atoms with Crippen molar-refractivity contribution in [2.24, 2.45) is 0 Å². The van der Waals surface area contributed by atoms with Crippen molar-refractivity contribution in [2.45, 2.75) is 20.3 Å². The molecule has 0 spiro atoms. The molecule has 0 fully saturated rings. The number of phenolic OH excluding ortho intramolecular Hbond substituents is 1. The molecule has 1 heterocycles. The van der Waals surface area contributed by atoms with E-state index in [4.69, 9.17) is 0 Å². The van der Waals surface area contributed by atoms with E-state index in [1.807, 2.05) is 6.92 Å². The predicted octanol–water partition coefficient (Wildman–Crippen LogP) is 2.92. The summed E-state index contributed by atoms with van der Waals surface area (Å²) in [6.07, 6.45) is 0.775. The first kappa shape index (κ1) is 11.0. The Balaban J connectivity index is 2.52. The number of halogens is 1. The van der Waals surface area contributed by atoms with Crippen molar-refractivity contribution >= 4 is 11.3 Å². The van der Waals surface area contributed by atoms with E-state index in [1.165, 1.54) is 11.3 Å². The second-order valence-electron chi connectivity index (χ2n) is 3.45. The van der Waals surface area contributed by atoms with Crippen LogP contribution in [0.25, 0.3) is 10.6 Å². The van der Waals surface area contributed by atoms with E-state index in [2.05, 4.69) is 10.2 Å². The Labute approximate surface area is 96.6 Å². The quantitative estimate of drug-likeness (QED) is 0.875. The van der Waals surface area contributed by atoms with Crippen LogP contribution in [-0.4, -0.2) is 15.3 Å². The van der Waals surface area contributed by atoms with Gasteiger partial charge in [0, 0.05) is 0 Å². The average molecular weight is 238 g/mol. The number of hydrogen-bond donors (Lipinski definition) is 1. The highest BCUT2D eigenvalue weighted by molar-refractivity contribution is 7.14. The average Bonchev–Trinajstić information content (AvgIpc) is 2.74. The summed E-state index contributed by atoms with van der Waals surface area (Å²) in [5.74, 6) is -0.940. The molecule has 84 valence electrons. The van der Waals surface area contributed by atoms with Crippen LogP contribution in [0.4, 0.5) is 4.39 Å². The maximum Gasteiger partial charge on any atom is 0.175 e. The molecule has 1 N–H and O–H groups in total. The number of nitrogens with zero attached hydrogens (tertiary/aromatic N) is 2. The molecule has 0 saturated carbocycles. The van der Waals surface area contributed by atoms with Gasteiger partial charge >= 0.3 is 0 Å². The molecule has 0 aliphatic carbocycles. The first-order valence-corrected chi connectivity index (χ1v) is 5.76. The Hall–Kier alpha value is -1.49. The van der Waals surface area contributed by atoms with Crippen molar-refractivity contribution in [3.05, 3.63) is 28.5 Å². The molecule has 5 heteroatoms. The van der Waals surface area contributed by atoms with Gasteiger partial charge in [0.2, 0.25) is 0 Å². The summed E-state index contributed by atoms with van der Waals surface area (Å²) in [5.41, 5.74) is 0.821. The van der Waals surface area contributed by atoms with Gasteiger partial charge in [-0.2, -0.15) is 0 Å². The molecule has 1 aromatic carbocycles. The molecule has 0 atom stereocenters.